The van der Waals surface area contributed by atoms with Gasteiger partial charge in [-0.2, -0.15) is 0 Å². The van der Waals surface area contributed by atoms with Gasteiger partial charge in [-0.1, -0.05) is 39.0 Å². The highest BCUT2D eigenvalue weighted by atomic mass is 16.4. The predicted molar refractivity (Wildman–Crippen MR) is 118 cm³/mol. The normalized spacial score (nSPS) is 12.6. The summed E-state index contributed by atoms with van der Waals surface area (Å²) in [4.78, 5) is 28.7. The molecule has 0 bridgehead atoms. The number of fused-ring (bicyclic) bond motifs is 1. The Morgan fingerprint density at radius 3 is 2.30 bits per heavy atom. The third-order valence-corrected chi connectivity index (χ3v) is 5.05. The van der Waals surface area contributed by atoms with Gasteiger partial charge < -0.3 is 15.7 Å². The molecular formula is C23H28N4O3. The van der Waals surface area contributed by atoms with Gasteiger partial charge in [0, 0.05) is 17.3 Å². The average Bonchev–Trinajstić information content (AvgIpc) is 3.03. The number of pyridine rings is 1. The zero-order valence-electron chi connectivity index (χ0n) is 18.2. The van der Waals surface area contributed by atoms with Gasteiger partial charge in [0.2, 0.25) is 0 Å². The van der Waals surface area contributed by atoms with E-state index in [2.05, 4.69) is 31.4 Å². The first-order valence-electron chi connectivity index (χ1n) is 9.89. The summed E-state index contributed by atoms with van der Waals surface area (Å²) in [6.07, 6.45) is 1.85. The number of hydrogen-bond acceptors (Lipinski definition) is 4. The molecule has 1 unspecified atom stereocenters. The second-order valence-corrected chi connectivity index (χ2v) is 8.60. The molecule has 0 aliphatic carbocycles. The van der Waals surface area contributed by atoms with Crippen molar-refractivity contribution in [2.45, 2.75) is 53.0 Å². The highest BCUT2D eigenvalue weighted by Gasteiger charge is 2.27. The number of aliphatic carboxylic acids is 1. The monoisotopic (exact) mass is 408 g/mol. The van der Waals surface area contributed by atoms with Gasteiger partial charge in [-0.15, -0.1) is 0 Å². The number of carboxylic acids is 1. The van der Waals surface area contributed by atoms with Crippen LogP contribution >= 0.6 is 0 Å². The van der Waals surface area contributed by atoms with Gasteiger partial charge in [0.05, 0.1) is 11.3 Å². The van der Waals surface area contributed by atoms with Crippen LogP contribution in [-0.4, -0.2) is 32.4 Å². The Morgan fingerprint density at radius 1 is 1.10 bits per heavy atom. The zero-order valence-corrected chi connectivity index (χ0v) is 18.2. The fourth-order valence-electron chi connectivity index (χ4n) is 3.35. The average molecular weight is 409 g/mol. The Labute approximate surface area is 176 Å². The summed E-state index contributed by atoms with van der Waals surface area (Å²) in [5.74, 6) is -0.776. The number of para-hydroxylation sites is 1. The van der Waals surface area contributed by atoms with Crippen molar-refractivity contribution in [2.24, 2.45) is 0 Å². The smallest absolute Gasteiger partial charge is 0.325 e. The zero-order chi connectivity index (χ0) is 22.2. The topological polar surface area (TPSA) is 95.7 Å². The third kappa shape index (κ3) is 4.01. The molecule has 0 aliphatic heterocycles. The van der Waals surface area contributed by atoms with Crippen LogP contribution in [0.25, 0.3) is 5.65 Å². The molecule has 0 fully saturated rings. The summed E-state index contributed by atoms with van der Waals surface area (Å²) in [5.41, 5.74) is 4.54. The quantitative estimate of drug-likeness (QED) is 0.588. The molecule has 0 radical (unpaired) electrons. The van der Waals surface area contributed by atoms with Gasteiger partial charge >= 0.3 is 5.97 Å². The van der Waals surface area contributed by atoms with E-state index in [1.54, 1.807) is 12.1 Å². The van der Waals surface area contributed by atoms with Crippen LogP contribution < -0.4 is 10.6 Å². The van der Waals surface area contributed by atoms with Crippen LogP contribution in [0, 0.1) is 13.8 Å². The van der Waals surface area contributed by atoms with Crippen molar-refractivity contribution in [1.82, 2.24) is 14.7 Å². The molecule has 30 heavy (non-hydrogen) atoms. The Kier molecular flexibility index (Phi) is 5.57. The van der Waals surface area contributed by atoms with Crippen LogP contribution in [0.15, 0.2) is 36.5 Å². The number of rotatable bonds is 5. The van der Waals surface area contributed by atoms with Gasteiger partial charge in [-0.3, -0.25) is 14.0 Å². The third-order valence-electron chi connectivity index (χ3n) is 5.05. The number of nitrogens with one attached hydrogen (secondary N) is 2. The second-order valence-electron chi connectivity index (χ2n) is 8.60. The van der Waals surface area contributed by atoms with E-state index in [4.69, 9.17) is 10.1 Å². The van der Waals surface area contributed by atoms with Crippen molar-refractivity contribution in [3.05, 3.63) is 58.9 Å². The van der Waals surface area contributed by atoms with Gasteiger partial charge in [-0.25, -0.2) is 4.98 Å². The Morgan fingerprint density at radius 2 is 1.73 bits per heavy atom. The number of carboxylic acid groups (broad SMARTS) is 1. The van der Waals surface area contributed by atoms with Crippen molar-refractivity contribution >= 4 is 29.0 Å². The molecule has 3 N–H and O–H groups in total. The van der Waals surface area contributed by atoms with Crippen LogP contribution in [0.4, 0.5) is 11.5 Å². The van der Waals surface area contributed by atoms with Gasteiger partial charge in [0.1, 0.15) is 11.9 Å². The first kappa shape index (κ1) is 21.4. The molecule has 0 saturated heterocycles. The van der Waals surface area contributed by atoms with E-state index < -0.39 is 17.9 Å². The Balaban J connectivity index is 2.17. The summed E-state index contributed by atoms with van der Waals surface area (Å²) in [7, 11) is 0. The lowest BCUT2D eigenvalue weighted by atomic mass is 9.92. The minimum absolute atomic E-state index is 0.285. The first-order valence-corrected chi connectivity index (χ1v) is 9.89. The van der Waals surface area contributed by atoms with Crippen LogP contribution in [0.5, 0.6) is 0 Å². The number of hydrogen-bond donors (Lipinski definition) is 3. The minimum atomic E-state index is -1.09. The maximum absolute atomic E-state index is 12.8. The number of nitrogens with zero attached hydrogens (tertiary/aromatic N) is 2. The lowest BCUT2D eigenvalue weighted by Gasteiger charge is -2.20. The van der Waals surface area contributed by atoms with E-state index in [-0.39, 0.29) is 5.41 Å². The molecule has 7 nitrogen and oxygen atoms in total. The fraction of sp³-hybridized carbons (Fsp3) is 0.348. The predicted octanol–water partition coefficient (Wildman–Crippen LogP) is 4.20. The van der Waals surface area contributed by atoms with Crippen molar-refractivity contribution in [1.29, 1.82) is 0 Å². The van der Waals surface area contributed by atoms with E-state index in [1.165, 1.54) is 6.92 Å². The molecule has 0 saturated carbocycles. The Hall–Kier alpha value is -3.35. The highest BCUT2D eigenvalue weighted by molar-refractivity contribution is 6.01. The summed E-state index contributed by atoms with van der Waals surface area (Å²) in [5, 5.41) is 15.2. The van der Waals surface area contributed by atoms with Gasteiger partial charge in [0.25, 0.3) is 5.91 Å². The molecule has 1 atom stereocenters. The summed E-state index contributed by atoms with van der Waals surface area (Å²) in [6.45, 7) is 11.7. The minimum Gasteiger partial charge on any atom is -0.480 e. The number of imidazole rings is 1. The highest BCUT2D eigenvalue weighted by Crippen LogP contribution is 2.34. The van der Waals surface area contributed by atoms with E-state index >= 15 is 0 Å². The second kappa shape index (κ2) is 7.82. The first-order chi connectivity index (χ1) is 14.0. The summed E-state index contributed by atoms with van der Waals surface area (Å²) < 4.78 is 1.85. The standard InChI is InChI=1S/C23H28N4O3/c1-13-9-7-10-14(2)17(13)25-20-18(23(4,5)6)26-19-16(11-8-12-27(19)20)21(28)24-15(3)22(29)30/h7-12,15,25H,1-6H3,(H,24,28)(H,29,30). The SMILES string of the molecule is Cc1cccc(C)c1Nc1c(C(C)(C)C)nc2c(C(=O)NC(C)C(=O)O)cccn12. The summed E-state index contributed by atoms with van der Waals surface area (Å²) in [6, 6.07) is 8.52. The molecule has 3 aromatic rings. The molecule has 2 heterocycles. The molecule has 3 rings (SSSR count). The van der Waals surface area contributed by atoms with E-state index in [0.717, 1.165) is 28.3 Å². The lowest BCUT2D eigenvalue weighted by molar-refractivity contribution is -0.138. The number of aromatic nitrogens is 2. The fourth-order valence-corrected chi connectivity index (χ4v) is 3.35. The van der Waals surface area contributed by atoms with Crippen LogP contribution in [0.1, 0.15) is 54.9 Å². The molecule has 7 heteroatoms. The number of carbonyl (C=O) groups is 2. The van der Waals surface area contributed by atoms with E-state index in [1.807, 2.05) is 42.6 Å². The number of anilines is 2. The largest absolute Gasteiger partial charge is 0.480 e. The maximum Gasteiger partial charge on any atom is 0.325 e. The number of carbonyl (C=O) groups excluding carboxylic acids is 1. The van der Waals surface area contributed by atoms with Crippen LogP contribution in [0.3, 0.4) is 0 Å². The van der Waals surface area contributed by atoms with Crippen LogP contribution in [0.2, 0.25) is 0 Å². The van der Waals surface area contributed by atoms with E-state index in [0.29, 0.717) is 11.2 Å². The van der Waals surface area contributed by atoms with Crippen molar-refractivity contribution in [3.63, 3.8) is 0 Å². The van der Waals surface area contributed by atoms with E-state index in [9.17, 15) is 9.59 Å². The molecule has 2 aromatic heterocycles. The molecule has 1 amide bonds. The number of benzene rings is 1. The molecule has 1 aromatic carbocycles. The van der Waals surface area contributed by atoms with Gasteiger partial charge in [0.15, 0.2) is 5.65 Å². The maximum atomic E-state index is 12.8. The molecule has 0 aliphatic rings. The van der Waals surface area contributed by atoms with Gasteiger partial charge in [-0.05, 0) is 44.0 Å². The lowest BCUT2D eigenvalue weighted by Crippen LogP contribution is -2.38. The van der Waals surface area contributed by atoms with Crippen molar-refractivity contribution in [2.75, 3.05) is 5.32 Å². The van der Waals surface area contributed by atoms with Crippen molar-refractivity contribution < 1.29 is 14.7 Å². The number of aryl methyl sites for hydroxylation is 2. The van der Waals surface area contributed by atoms with Crippen LogP contribution in [-0.2, 0) is 10.2 Å². The Bertz CT molecular complexity index is 1110. The number of amides is 1. The molecular weight excluding hydrogens is 380 g/mol. The molecule has 0 spiro atoms. The molecule has 158 valence electrons. The van der Waals surface area contributed by atoms with Crippen molar-refractivity contribution in [3.8, 4) is 0 Å². The summed E-state index contributed by atoms with van der Waals surface area (Å²) >= 11 is 0.